The third kappa shape index (κ3) is 4.94. The van der Waals surface area contributed by atoms with Gasteiger partial charge >= 0.3 is 5.97 Å². The number of rotatable bonds is 7. The lowest BCUT2D eigenvalue weighted by Gasteiger charge is -2.31. The molecule has 1 atom stereocenters. The lowest BCUT2D eigenvalue weighted by atomic mass is 9.85. The fourth-order valence-electron chi connectivity index (χ4n) is 4.48. The molecule has 0 fully saturated rings. The van der Waals surface area contributed by atoms with E-state index < -0.39 is 12.1 Å². The van der Waals surface area contributed by atoms with E-state index in [1.54, 1.807) is 7.11 Å². The highest BCUT2D eigenvalue weighted by Gasteiger charge is 2.37. The van der Waals surface area contributed by atoms with Crippen LogP contribution in [0.1, 0.15) is 50.5 Å². The van der Waals surface area contributed by atoms with Crippen LogP contribution in [0.2, 0.25) is 0 Å². The van der Waals surface area contributed by atoms with Crippen molar-refractivity contribution in [2.24, 2.45) is 0 Å². The van der Waals surface area contributed by atoms with Crippen LogP contribution in [0.5, 0.6) is 28.7 Å². The average Bonchev–Trinajstić information content (AvgIpc) is 3.35. The topological polar surface area (TPSA) is 72.5 Å². The molecule has 2 heterocycles. The van der Waals surface area contributed by atoms with E-state index in [-0.39, 0.29) is 19.0 Å². The van der Waals surface area contributed by atoms with Crippen LogP contribution >= 0.6 is 0 Å². The molecule has 0 amide bonds. The number of benzene rings is 3. The molecule has 0 saturated carbocycles. The van der Waals surface area contributed by atoms with Crippen molar-refractivity contribution in [1.82, 2.24) is 0 Å². The minimum atomic E-state index is -0.734. The van der Waals surface area contributed by atoms with Crippen LogP contribution in [0.25, 0.3) is 5.57 Å². The molecule has 0 bridgehead atoms. The molecule has 5 rings (SSSR count). The smallest absolute Gasteiger partial charge is 0.339 e. The van der Waals surface area contributed by atoms with Crippen LogP contribution in [0.3, 0.4) is 0 Å². The van der Waals surface area contributed by atoms with Gasteiger partial charge in [0.15, 0.2) is 17.6 Å². The van der Waals surface area contributed by atoms with Crippen molar-refractivity contribution < 1.29 is 33.2 Å². The van der Waals surface area contributed by atoms with Crippen molar-refractivity contribution in [3.8, 4) is 28.7 Å². The van der Waals surface area contributed by atoms with Crippen molar-refractivity contribution in [2.75, 3.05) is 13.9 Å². The lowest BCUT2D eigenvalue weighted by molar-refractivity contribution is -0.143. The number of hydrogen-bond donors (Lipinski definition) is 0. The Morgan fingerprint density at radius 2 is 1.54 bits per heavy atom. The minimum absolute atomic E-state index is 0.0114. The van der Waals surface area contributed by atoms with E-state index in [1.165, 1.54) is 0 Å². The summed E-state index contributed by atoms with van der Waals surface area (Å²) in [4.78, 5) is 13.7. The zero-order valence-corrected chi connectivity index (χ0v) is 21.6. The summed E-state index contributed by atoms with van der Waals surface area (Å²) in [7, 11) is 1.62. The van der Waals surface area contributed by atoms with E-state index in [1.807, 2.05) is 88.4 Å². The summed E-state index contributed by atoms with van der Waals surface area (Å²) in [6.45, 7) is 7.75. The van der Waals surface area contributed by atoms with E-state index in [0.29, 0.717) is 39.9 Å². The second kappa shape index (κ2) is 10.1. The van der Waals surface area contributed by atoms with E-state index >= 15 is 0 Å². The summed E-state index contributed by atoms with van der Waals surface area (Å²) in [6.07, 6.45) is -1.06. The Kier molecular flexibility index (Phi) is 6.70. The van der Waals surface area contributed by atoms with E-state index in [4.69, 9.17) is 28.4 Å². The SMILES string of the molecule is COc1ccc(C2=C(C(=O)OC(C)C)[C@@H](c3ccc4c(c3)OCO4)Oc3ccc(OC(C)C)cc32)cc1. The molecule has 0 N–H and O–H groups in total. The molecule has 3 aromatic rings. The number of carbonyl (C=O) groups excluding carboxylic acids is 1. The molecular formula is C30H30O7. The number of fused-ring (bicyclic) bond motifs is 2. The maximum atomic E-state index is 13.7. The zero-order valence-electron chi connectivity index (χ0n) is 21.6. The number of methoxy groups -OCH3 is 1. The van der Waals surface area contributed by atoms with Crippen LogP contribution in [0, 0.1) is 0 Å². The molecule has 0 spiro atoms. The number of ether oxygens (including phenoxy) is 6. The largest absolute Gasteiger partial charge is 0.497 e. The molecule has 2 aliphatic rings. The van der Waals surface area contributed by atoms with Gasteiger partial charge < -0.3 is 28.4 Å². The van der Waals surface area contributed by atoms with E-state index in [2.05, 4.69) is 0 Å². The van der Waals surface area contributed by atoms with Gasteiger partial charge in [0.1, 0.15) is 17.2 Å². The van der Waals surface area contributed by atoms with Crippen LogP contribution in [0.15, 0.2) is 66.2 Å². The quantitative estimate of drug-likeness (QED) is 0.362. The van der Waals surface area contributed by atoms with Crippen molar-refractivity contribution in [1.29, 1.82) is 0 Å². The van der Waals surface area contributed by atoms with Crippen molar-refractivity contribution in [2.45, 2.75) is 46.0 Å². The highest BCUT2D eigenvalue weighted by atomic mass is 16.7. The third-order valence-corrected chi connectivity index (χ3v) is 6.01. The highest BCUT2D eigenvalue weighted by molar-refractivity contribution is 6.05. The molecule has 2 aliphatic heterocycles. The van der Waals surface area contributed by atoms with E-state index in [9.17, 15) is 4.79 Å². The van der Waals surface area contributed by atoms with Crippen molar-refractivity contribution >= 4 is 11.5 Å². The molecule has 0 saturated heterocycles. The van der Waals surface area contributed by atoms with Gasteiger partial charge in [-0.3, -0.25) is 0 Å². The Hall–Kier alpha value is -4.13. The second-order valence-electron chi connectivity index (χ2n) is 9.41. The Bertz CT molecular complexity index is 1340. The van der Waals surface area contributed by atoms with Gasteiger partial charge in [-0.15, -0.1) is 0 Å². The molecule has 7 nitrogen and oxygen atoms in total. The Morgan fingerprint density at radius 1 is 0.838 bits per heavy atom. The van der Waals surface area contributed by atoms with Gasteiger partial charge in [0.2, 0.25) is 6.79 Å². The van der Waals surface area contributed by atoms with Gasteiger partial charge in [0, 0.05) is 16.7 Å². The summed E-state index contributed by atoms with van der Waals surface area (Å²) in [5, 5.41) is 0. The van der Waals surface area contributed by atoms with Gasteiger partial charge in [-0.2, -0.15) is 0 Å². The summed E-state index contributed by atoms with van der Waals surface area (Å²) in [5.41, 5.74) is 3.43. The molecule has 37 heavy (non-hydrogen) atoms. The minimum Gasteiger partial charge on any atom is -0.497 e. The maximum Gasteiger partial charge on any atom is 0.339 e. The first-order chi connectivity index (χ1) is 17.8. The van der Waals surface area contributed by atoms with Crippen LogP contribution in [-0.4, -0.2) is 32.1 Å². The third-order valence-electron chi connectivity index (χ3n) is 6.01. The maximum absolute atomic E-state index is 13.7. The van der Waals surface area contributed by atoms with Crippen LogP contribution in [-0.2, 0) is 9.53 Å². The normalized spacial score (nSPS) is 15.9. The van der Waals surface area contributed by atoms with Crippen molar-refractivity contribution in [3.63, 3.8) is 0 Å². The molecule has 7 heteroatoms. The van der Waals surface area contributed by atoms with Gasteiger partial charge in [-0.25, -0.2) is 4.79 Å². The Balaban J connectivity index is 1.75. The predicted octanol–water partition coefficient (Wildman–Crippen LogP) is 6.10. The Labute approximate surface area is 216 Å². The summed E-state index contributed by atoms with van der Waals surface area (Å²) < 4.78 is 34.7. The Morgan fingerprint density at radius 3 is 2.24 bits per heavy atom. The van der Waals surface area contributed by atoms with Gasteiger partial charge in [-0.1, -0.05) is 18.2 Å². The van der Waals surface area contributed by atoms with Crippen molar-refractivity contribution in [3.05, 3.63) is 82.9 Å². The highest BCUT2D eigenvalue weighted by Crippen LogP contribution is 2.48. The summed E-state index contributed by atoms with van der Waals surface area (Å²) in [5.74, 6) is 2.83. The molecule has 192 valence electrons. The van der Waals surface area contributed by atoms with Gasteiger partial charge in [-0.05, 0) is 75.7 Å². The molecule has 0 aromatic heterocycles. The second-order valence-corrected chi connectivity index (χ2v) is 9.41. The molecular weight excluding hydrogens is 472 g/mol. The number of carbonyl (C=O) groups is 1. The monoisotopic (exact) mass is 502 g/mol. The first-order valence-electron chi connectivity index (χ1n) is 12.3. The first kappa shape index (κ1) is 24.6. The van der Waals surface area contributed by atoms with E-state index in [0.717, 1.165) is 16.7 Å². The van der Waals surface area contributed by atoms with Gasteiger partial charge in [0.25, 0.3) is 0 Å². The fraction of sp³-hybridized carbons (Fsp3) is 0.300. The van der Waals surface area contributed by atoms with Crippen LogP contribution in [0.4, 0.5) is 0 Å². The lowest BCUT2D eigenvalue weighted by Crippen LogP contribution is -2.26. The average molecular weight is 503 g/mol. The standard InChI is InChI=1S/C30H30O7/c1-17(2)35-22-11-13-24-23(15-22)27(19-6-9-21(32-5)10-7-19)28(30(31)36-18(3)4)29(37-24)20-8-12-25-26(14-20)34-16-33-25/h6-15,17-18,29H,16H2,1-5H3/t29-/m1/s1. The zero-order chi connectivity index (χ0) is 26.1. The van der Waals surface area contributed by atoms with Gasteiger partial charge in [0.05, 0.1) is 24.9 Å². The summed E-state index contributed by atoms with van der Waals surface area (Å²) in [6, 6.07) is 18.8. The number of esters is 1. The first-order valence-corrected chi connectivity index (χ1v) is 12.3. The molecule has 0 aliphatic carbocycles. The van der Waals surface area contributed by atoms with Crippen LogP contribution < -0.4 is 23.7 Å². The molecule has 0 unspecified atom stereocenters. The summed E-state index contributed by atoms with van der Waals surface area (Å²) >= 11 is 0. The molecule has 3 aromatic carbocycles. The predicted molar refractivity (Wildman–Crippen MR) is 138 cm³/mol. The fourth-order valence-corrected chi connectivity index (χ4v) is 4.48. The molecule has 0 radical (unpaired) electrons. The number of hydrogen-bond acceptors (Lipinski definition) is 7.